The molecule has 0 amide bonds. The van der Waals surface area contributed by atoms with Gasteiger partial charge in [0.2, 0.25) is 0 Å². The summed E-state index contributed by atoms with van der Waals surface area (Å²) in [5.41, 5.74) is 2.11. The molecule has 5 rings (SSSR count). The molecule has 192 valence electrons. The number of aliphatic hydroxyl groups excluding tert-OH is 1. The molecule has 3 aromatic rings. The lowest BCUT2D eigenvalue weighted by atomic mass is 10.1. The van der Waals surface area contributed by atoms with Crippen LogP contribution in [0.1, 0.15) is 30.9 Å². The second-order valence-electron chi connectivity index (χ2n) is 9.52. The van der Waals surface area contributed by atoms with Crippen molar-refractivity contribution in [2.75, 3.05) is 42.6 Å². The van der Waals surface area contributed by atoms with Gasteiger partial charge in [-0.25, -0.2) is 9.97 Å². The number of anilines is 2. The molecule has 3 aromatic heterocycles. The van der Waals surface area contributed by atoms with Crippen molar-refractivity contribution in [3.05, 3.63) is 54.0 Å². The molecule has 0 bridgehead atoms. The third-order valence-corrected chi connectivity index (χ3v) is 7.10. The summed E-state index contributed by atoms with van der Waals surface area (Å²) in [6.07, 6.45) is 2.28. The molecule has 0 aliphatic carbocycles. The average molecular weight is 502 g/mol. The van der Waals surface area contributed by atoms with Crippen LogP contribution >= 0.6 is 0 Å². The Bertz CT molecular complexity index is 1150. The number of nitrogens with one attached hydrogen (secondary N) is 1. The molecule has 36 heavy (non-hydrogen) atoms. The maximum absolute atomic E-state index is 12.9. The summed E-state index contributed by atoms with van der Waals surface area (Å²) in [6.45, 7) is 5.97. The van der Waals surface area contributed by atoms with Gasteiger partial charge in [0, 0.05) is 68.5 Å². The van der Waals surface area contributed by atoms with Gasteiger partial charge in [-0.15, -0.1) is 0 Å². The summed E-state index contributed by atoms with van der Waals surface area (Å²) in [5.74, 6) is 1.43. The predicted octanol–water partition coefficient (Wildman–Crippen LogP) is 3.56. The van der Waals surface area contributed by atoms with E-state index >= 15 is 0 Å². The van der Waals surface area contributed by atoms with Gasteiger partial charge in [-0.3, -0.25) is 10.00 Å². The van der Waals surface area contributed by atoms with Crippen molar-refractivity contribution in [1.82, 2.24) is 25.1 Å². The van der Waals surface area contributed by atoms with Crippen LogP contribution in [-0.4, -0.2) is 75.0 Å². The van der Waals surface area contributed by atoms with Crippen LogP contribution in [-0.2, 0) is 12.7 Å². The van der Waals surface area contributed by atoms with Crippen molar-refractivity contribution in [3.63, 3.8) is 0 Å². The number of halogens is 3. The van der Waals surface area contributed by atoms with Gasteiger partial charge in [0.25, 0.3) is 0 Å². The number of H-pyrrole nitrogens is 1. The molecule has 0 unspecified atom stereocenters. The topological polar surface area (TPSA) is 84.4 Å². The van der Waals surface area contributed by atoms with E-state index in [1.54, 1.807) is 0 Å². The third kappa shape index (κ3) is 5.03. The molecule has 2 atom stereocenters. The first kappa shape index (κ1) is 24.5. The zero-order chi connectivity index (χ0) is 25.3. The molecule has 11 heteroatoms. The van der Waals surface area contributed by atoms with Gasteiger partial charge in [0.1, 0.15) is 11.6 Å². The molecule has 8 nitrogen and oxygen atoms in total. The molecular weight excluding hydrogens is 471 g/mol. The number of hydrogen-bond acceptors (Lipinski definition) is 7. The number of alkyl halides is 3. The van der Waals surface area contributed by atoms with E-state index in [1.807, 2.05) is 29.4 Å². The van der Waals surface area contributed by atoms with Gasteiger partial charge >= 0.3 is 6.18 Å². The molecule has 2 saturated heterocycles. The van der Waals surface area contributed by atoms with Crippen molar-refractivity contribution < 1.29 is 18.3 Å². The van der Waals surface area contributed by atoms with Crippen LogP contribution in [0.4, 0.5) is 24.8 Å². The van der Waals surface area contributed by atoms with Gasteiger partial charge in [-0.2, -0.15) is 18.3 Å². The monoisotopic (exact) mass is 501 g/mol. The van der Waals surface area contributed by atoms with Gasteiger partial charge in [0.05, 0.1) is 23.9 Å². The first-order valence-corrected chi connectivity index (χ1v) is 12.2. The molecule has 2 aliphatic heterocycles. The van der Waals surface area contributed by atoms with Crippen LogP contribution in [0.25, 0.3) is 11.3 Å². The maximum atomic E-state index is 12.9. The molecule has 5 heterocycles. The fourth-order valence-corrected chi connectivity index (χ4v) is 5.19. The second kappa shape index (κ2) is 10.1. The fraction of sp³-hybridized carbons (Fsp3) is 0.480. The van der Waals surface area contributed by atoms with Gasteiger partial charge < -0.3 is 14.9 Å². The van der Waals surface area contributed by atoms with Crippen LogP contribution in [0.2, 0.25) is 0 Å². The molecule has 0 saturated carbocycles. The highest BCUT2D eigenvalue weighted by Gasteiger charge is 2.32. The van der Waals surface area contributed by atoms with Crippen molar-refractivity contribution in [1.29, 1.82) is 0 Å². The quantitative estimate of drug-likeness (QED) is 0.534. The minimum Gasteiger partial charge on any atom is -0.394 e. The van der Waals surface area contributed by atoms with Gasteiger partial charge in [-0.1, -0.05) is 0 Å². The Hall–Kier alpha value is -3.18. The second-order valence-corrected chi connectivity index (χ2v) is 9.52. The number of aromatic amines is 1. The largest absolute Gasteiger partial charge is 0.417 e. The number of pyridine rings is 2. The zero-order valence-corrected chi connectivity index (χ0v) is 20.1. The summed E-state index contributed by atoms with van der Waals surface area (Å²) in [4.78, 5) is 15.2. The summed E-state index contributed by atoms with van der Waals surface area (Å²) >= 11 is 0. The van der Waals surface area contributed by atoms with E-state index in [1.165, 1.54) is 6.07 Å². The fourth-order valence-electron chi connectivity index (χ4n) is 5.19. The van der Waals surface area contributed by atoms with Crippen LogP contribution in [0.3, 0.4) is 0 Å². The summed E-state index contributed by atoms with van der Waals surface area (Å²) in [7, 11) is 0. The van der Waals surface area contributed by atoms with Crippen molar-refractivity contribution in [2.24, 2.45) is 0 Å². The van der Waals surface area contributed by atoms with Gasteiger partial charge in [-0.05, 0) is 44.0 Å². The number of aliphatic hydroxyl groups is 1. The number of nitrogens with zero attached hydrogens (tertiary/aromatic N) is 6. The highest BCUT2D eigenvalue weighted by atomic mass is 19.4. The molecule has 0 radical (unpaired) electrons. The predicted molar refractivity (Wildman–Crippen MR) is 131 cm³/mol. The van der Waals surface area contributed by atoms with E-state index in [4.69, 9.17) is 0 Å². The first-order chi connectivity index (χ1) is 17.3. The van der Waals surface area contributed by atoms with E-state index in [2.05, 4.69) is 36.9 Å². The molecule has 2 N–H and O–H groups in total. The number of hydrogen-bond donors (Lipinski definition) is 2. The Morgan fingerprint density at radius 1 is 1.03 bits per heavy atom. The number of rotatable bonds is 6. The lowest BCUT2D eigenvalue weighted by molar-refractivity contribution is -0.137. The van der Waals surface area contributed by atoms with Crippen LogP contribution in [0, 0.1) is 0 Å². The molecule has 2 aliphatic rings. The van der Waals surface area contributed by atoms with Crippen LogP contribution in [0.5, 0.6) is 0 Å². The van der Waals surface area contributed by atoms with Crippen molar-refractivity contribution in [3.8, 4) is 11.3 Å². The number of piperazine rings is 1. The zero-order valence-electron chi connectivity index (χ0n) is 20.1. The lowest BCUT2D eigenvalue weighted by Crippen LogP contribution is -2.51. The molecule has 0 spiro atoms. The van der Waals surface area contributed by atoms with E-state index in [0.717, 1.165) is 67.4 Å². The minimum atomic E-state index is -4.38. The van der Waals surface area contributed by atoms with Crippen LogP contribution in [0.15, 0.2) is 42.9 Å². The van der Waals surface area contributed by atoms with E-state index in [-0.39, 0.29) is 18.7 Å². The van der Waals surface area contributed by atoms with E-state index in [0.29, 0.717) is 18.9 Å². The van der Waals surface area contributed by atoms with Gasteiger partial charge in [0.15, 0.2) is 0 Å². The smallest absolute Gasteiger partial charge is 0.394 e. The van der Waals surface area contributed by atoms with Crippen molar-refractivity contribution in [2.45, 2.75) is 44.6 Å². The molecule has 2 fully saturated rings. The maximum Gasteiger partial charge on any atom is 0.417 e. The third-order valence-electron chi connectivity index (χ3n) is 7.10. The SMILES string of the molecule is C[C@@H]1CN(Cc2c[nH]nc2-c2ccc(N3CCC[C@H]3CO)nc2)CCN1c1ccc(C(F)(F)F)cn1. The lowest BCUT2D eigenvalue weighted by Gasteiger charge is -2.40. The molecular formula is C25H30F3N7O. The first-order valence-electron chi connectivity index (χ1n) is 12.2. The van der Waals surface area contributed by atoms with E-state index in [9.17, 15) is 18.3 Å². The Morgan fingerprint density at radius 2 is 1.81 bits per heavy atom. The Balaban J connectivity index is 1.23. The summed E-state index contributed by atoms with van der Waals surface area (Å²) in [6, 6.07) is 6.77. The summed E-state index contributed by atoms with van der Waals surface area (Å²) < 4.78 is 38.6. The number of aromatic nitrogens is 4. The Labute approximate surface area is 207 Å². The Kier molecular flexibility index (Phi) is 6.85. The minimum absolute atomic E-state index is 0.0965. The normalized spacial score (nSPS) is 21.4. The highest BCUT2D eigenvalue weighted by molar-refractivity contribution is 5.63. The summed E-state index contributed by atoms with van der Waals surface area (Å²) in [5, 5.41) is 17.0. The average Bonchev–Trinajstić information content (AvgIpc) is 3.53. The standard InChI is InChI=1S/C25H30F3N7O/c1-17-14-33(9-10-34(17)22-7-5-20(13-30-22)25(26,27)28)15-19-12-31-32-24(19)18-4-6-23(29-11-18)35-8-2-3-21(35)16-36/h4-7,11-13,17,21,36H,2-3,8-10,14-16H2,1H3,(H,31,32)/t17-,21+/m1/s1. The van der Waals surface area contributed by atoms with E-state index < -0.39 is 11.7 Å². The molecule has 0 aromatic carbocycles. The van der Waals surface area contributed by atoms with Crippen molar-refractivity contribution >= 4 is 11.6 Å². The highest BCUT2D eigenvalue weighted by Crippen LogP contribution is 2.31. The Morgan fingerprint density at radius 3 is 2.47 bits per heavy atom. The van der Waals surface area contributed by atoms with Crippen LogP contribution < -0.4 is 9.80 Å².